The van der Waals surface area contributed by atoms with E-state index in [-0.39, 0.29) is 17.2 Å². The molecule has 0 radical (unpaired) electrons. The highest BCUT2D eigenvalue weighted by molar-refractivity contribution is 7.89. The quantitative estimate of drug-likeness (QED) is 0.807. The molecule has 124 valence electrons. The number of nitriles is 1. The normalized spacial score (nSPS) is 18.6. The summed E-state index contributed by atoms with van der Waals surface area (Å²) < 4.78 is 26.8. The van der Waals surface area contributed by atoms with Crippen LogP contribution >= 0.6 is 11.6 Å². The molecular formula is C15H18ClN3O3S. The lowest BCUT2D eigenvalue weighted by atomic mass is 10.2. The van der Waals surface area contributed by atoms with Gasteiger partial charge >= 0.3 is 0 Å². The molecule has 0 aliphatic carbocycles. The molecule has 0 spiro atoms. The van der Waals surface area contributed by atoms with Crippen LogP contribution < -0.4 is 0 Å². The fourth-order valence-electron chi connectivity index (χ4n) is 2.60. The summed E-state index contributed by atoms with van der Waals surface area (Å²) >= 11 is 5.80. The molecule has 1 heterocycles. The van der Waals surface area contributed by atoms with Crippen molar-refractivity contribution in [1.82, 2.24) is 9.21 Å². The first kappa shape index (κ1) is 17.7. The number of halogens is 1. The maximum Gasteiger partial charge on any atom is 0.243 e. The number of rotatable bonds is 5. The molecule has 8 heteroatoms. The second kappa shape index (κ2) is 7.30. The van der Waals surface area contributed by atoms with Crippen molar-refractivity contribution in [1.29, 1.82) is 5.26 Å². The van der Waals surface area contributed by atoms with Gasteiger partial charge in [0.15, 0.2) is 0 Å². The van der Waals surface area contributed by atoms with Crippen LogP contribution in [0.5, 0.6) is 0 Å². The number of benzene rings is 1. The minimum absolute atomic E-state index is 0.126. The molecule has 1 saturated heterocycles. The van der Waals surface area contributed by atoms with Gasteiger partial charge in [-0.15, -0.1) is 0 Å². The van der Waals surface area contributed by atoms with E-state index in [1.165, 1.54) is 33.5 Å². The Kier molecular flexibility index (Phi) is 5.63. The highest BCUT2D eigenvalue weighted by Crippen LogP contribution is 2.27. The monoisotopic (exact) mass is 355 g/mol. The number of carbonyl (C=O) groups is 1. The number of amides is 1. The zero-order valence-electron chi connectivity index (χ0n) is 12.8. The fourth-order valence-corrected chi connectivity index (χ4v) is 4.38. The minimum Gasteiger partial charge on any atom is -0.343 e. The van der Waals surface area contributed by atoms with Gasteiger partial charge in [0.25, 0.3) is 0 Å². The molecular weight excluding hydrogens is 338 g/mol. The van der Waals surface area contributed by atoms with Crippen LogP contribution in [0.4, 0.5) is 0 Å². The van der Waals surface area contributed by atoms with Gasteiger partial charge in [-0.2, -0.15) is 9.57 Å². The van der Waals surface area contributed by atoms with Gasteiger partial charge in [-0.05, 0) is 37.1 Å². The maximum absolute atomic E-state index is 12.8. The van der Waals surface area contributed by atoms with Crippen LogP contribution in [0.1, 0.15) is 19.3 Å². The van der Waals surface area contributed by atoms with Crippen molar-refractivity contribution in [3.63, 3.8) is 0 Å². The van der Waals surface area contributed by atoms with Gasteiger partial charge in [0.2, 0.25) is 15.9 Å². The topological polar surface area (TPSA) is 81.5 Å². The smallest absolute Gasteiger partial charge is 0.243 e. The third-order valence-electron chi connectivity index (χ3n) is 3.84. The first-order valence-corrected chi connectivity index (χ1v) is 9.09. The summed E-state index contributed by atoms with van der Waals surface area (Å²) in [6, 6.07) is 7.18. The fraction of sp³-hybridized carbons (Fsp3) is 0.467. The van der Waals surface area contributed by atoms with Crippen molar-refractivity contribution in [3.8, 4) is 6.07 Å². The highest BCUT2D eigenvalue weighted by Gasteiger charge is 2.40. The first-order chi connectivity index (χ1) is 10.9. The summed E-state index contributed by atoms with van der Waals surface area (Å²) in [5.41, 5.74) is 0. The molecule has 0 bridgehead atoms. The van der Waals surface area contributed by atoms with Crippen LogP contribution in [0, 0.1) is 11.3 Å². The summed E-state index contributed by atoms with van der Waals surface area (Å²) in [5, 5.41) is 9.06. The Hall–Kier alpha value is -1.62. The third kappa shape index (κ3) is 3.83. The first-order valence-electron chi connectivity index (χ1n) is 7.27. The van der Waals surface area contributed by atoms with Crippen molar-refractivity contribution in [2.24, 2.45) is 0 Å². The molecule has 1 aliphatic heterocycles. The van der Waals surface area contributed by atoms with Gasteiger partial charge in [0.1, 0.15) is 6.04 Å². The molecule has 1 aromatic rings. The largest absolute Gasteiger partial charge is 0.343 e. The molecule has 0 N–H and O–H groups in total. The second-order valence-electron chi connectivity index (χ2n) is 5.40. The zero-order chi connectivity index (χ0) is 17.0. The Morgan fingerprint density at radius 3 is 2.70 bits per heavy atom. The van der Waals surface area contributed by atoms with Gasteiger partial charge in [0, 0.05) is 25.2 Å². The highest BCUT2D eigenvalue weighted by atomic mass is 35.5. The number of sulfonamides is 1. The van der Waals surface area contributed by atoms with Crippen molar-refractivity contribution in [2.75, 3.05) is 20.1 Å². The van der Waals surface area contributed by atoms with E-state index in [0.29, 0.717) is 31.0 Å². The van der Waals surface area contributed by atoms with Crippen LogP contribution in [-0.4, -0.2) is 49.7 Å². The second-order valence-corrected chi connectivity index (χ2v) is 7.72. The van der Waals surface area contributed by atoms with Crippen molar-refractivity contribution in [2.45, 2.75) is 30.2 Å². The molecule has 1 amide bonds. The molecule has 0 unspecified atom stereocenters. The molecule has 1 atom stereocenters. The van der Waals surface area contributed by atoms with Gasteiger partial charge in [-0.25, -0.2) is 8.42 Å². The van der Waals surface area contributed by atoms with E-state index in [4.69, 9.17) is 16.9 Å². The Balaban J connectivity index is 2.22. The lowest BCUT2D eigenvalue weighted by molar-refractivity contribution is -0.133. The Labute approximate surface area is 141 Å². The van der Waals surface area contributed by atoms with Crippen LogP contribution in [0.3, 0.4) is 0 Å². The van der Waals surface area contributed by atoms with Crippen molar-refractivity contribution < 1.29 is 13.2 Å². The standard InChI is InChI=1S/C15H18ClN3O3S/c1-18(10-3-9-17)15(20)14-4-2-11-19(14)23(21,22)13-7-5-12(16)6-8-13/h5-8,14H,2-4,10-11H2,1H3/t14-/m0/s1. The number of hydrogen-bond donors (Lipinski definition) is 0. The lowest BCUT2D eigenvalue weighted by Gasteiger charge is -2.27. The number of hydrogen-bond acceptors (Lipinski definition) is 4. The van der Waals surface area contributed by atoms with E-state index in [9.17, 15) is 13.2 Å². The van der Waals surface area contributed by atoms with Crippen LogP contribution in [0.2, 0.25) is 5.02 Å². The number of nitrogens with zero attached hydrogens (tertiary/aromatic N) is 3. The summed E-state index contributed by atoms with van der Waals surface area (Å²) in [5.74, 6) is -0.268. The average molecular weight is 356 g/mol. The maximum atomic E-state index is 12.8. The Morgan fingerprint density at radius 1 is 1.43 bits per heavy atom. The number of likely N-dealkylation sites (N-methyl/N-ethyl adjacent to an activating group) is 1. The predicted molar refractivity (Wildman–Crippen MR) is 86.2 cm³/mol. The zero-order valence-corrected chi connectivity index (χ0v) is 14.3. The molecule has 0 aromatic heterocycles. The lowest BCUT2D eigenvalue weighted by Crippen LogP contribution is -2.46. The molecule has 23 heavy (non-hydrogen) atoms. The molecule has 6 nitrogen and oxygen atoms in total. The van der Waals surface area contributed by atoms with Crippen molar-refractivity contribution in [3.05, 3.63) is 29.3 Å². The van der Waals surface area contributed by atoms with Gasteiger partial charge < -0.3 is 4.90 Å². The van der Waals surface area contributed by atoms with E-state index in [2.05, 4.69) is 0 Å². The van der Waals surface area contributed by atoms with E-state index in [0.717, 1.165) is 0 Å². The summed E-state index contributed by atoms with van der Waals surface area (Å²) in [6.45, 7) is 0.605. The van der Waals surface area contributed by atoms with E-state index < -0.39 is 16.1 Å². The summed E-state index contributed by atoms with van der Waals surface area (Å²) in [6.07, 6.45) is 1.34. The molecule has 1 aliphatic rings. The molecule has 2 rings (SSSR count). The van der Waals surface area contributed by atoms with E-state index in [1.807, 2.05) is 6.07 Å². The van der Waals surface area contributed by atoms with Gasteiger partial charge in [-0.3, -0.25) is 4.79 Å². The van der Waals surface area contributed by atoms with Crippen LogP contribution in [0.15, 0.2) is 29.2 Å². The Bertz CT molecular complexity index is 712. The SMILES string of the molecule is CN(CCC#N)C(=O)[C@@H]1CCCN1S(=O)(=O)c1ccc(Cl)cc1. The molecule has 1 aromatic carbocycles. The van der Waals surface area contributed by atoms with Crippen LogP contribution in [-0.2, 0) is 14.8 Å². The van der Waals surface area contributed by atoms with E-state index in [1.54, 1.807) is 7.05 Å². The number of carbonyl (C=O) groups excluding carboxylic acids is 1. The predicted octanol–water partition coefficient (Wildman–Crippen LogP) is 1.87. The summed E-state index contributed by atoms with van der Waals surface area (Å²) in [4.78, 5) is 14.0. The molecule has 0 saturated carbocycles. The van der Waals surface area contributed by atoms with Gasteiger partial charge in [-0.1, -0.05) is 11.6 Å². The van der Waals surface area contributed by atoms with Gasteiger partial charge in [0.05, 0.1) is 17.4 Å². The third-order valence-corrected chi connectivity index (χ3v) is 6.02. The van der Waals surface area contributed by atoms with E-state index >= 15 is 0 Å². The summed E-state index contributed by atoms with van der Waals surface area (Å²) in [7, 11) is -2.15. The molecule has 1 fully saturated rings. The van der Waals surface area contributed by atoms with Crippen molar-refractivity contribution >= 4 is 27.5 Å². The Morgan fingerprint density at radius 2 is 2.09 bits per heavy atom. The minimum atomic E-state index is -3.74. The van der Waals surface area contributed by atoms with Crippen LogP contribution in [0.25, 0.3) is 0 Å². The average Bonchev–Trinajstić information content (AvgIpc) is 3.02.